The standard InChI is InChI=1S/C71H132O6/c1-4-7-10-13-16-19-22-24-25-26-27-28-29-30-31-32-33-34-35-36-37-38-39-40-41-42-43-44-45-47-49-52-55-58-61-64-70(73)76-67-68(66-75-69(72)63-60-57-54-51-48-21-18-15-12-9-6-3)77-71(74)65-62-59-56-53-50-46-23-20-17-14-11-8-5-2/h11,14-15,18,20,23,68H,4-10,12-13,16-17,19,21-22,24-67H2,1-3H3/b14-11-,18-15-,23-20-. The molecule has 77 heavy (non-hydrogen) atoms. The lowest BCUT2D eigenvalue weighted by molar-refractivity contribution is -0.167. The van der Waals surface area contributed by atoms with E-state index in [2.05, 4.69) is 57.2 Å². The number of hydrogen-bond donors (Lipinski definition) is 0. The molecule has 0 radical (unpaired) electrons. The van der Waals surface area contributed by atoms with Crippen molar-refractivity contribution in [1.29, 1.82) is 0 Å². The normalized spacial score (nSPS) is 12.2. The number of carbonyl (C=O) groups excluding carboxylic acids is 3. The summed E-state index contributed by atoms with van der Waals surface area (Å²) < 4.78 is 16.9. The Labute approximate surface area is 480 Å². The van der Waals surface area contributed by atoms with Crippen LogP contribution >= 0.6 is 0 Å². The van der Waals surface area contributed by atoms with Crippen LogP contribution in [-0.2, 0) is 28.6 Å². The molecule has 0 aliphatic heterocycles. The SMILES string of the molecule is CCC/C=C\C/C=C\CCCCCCCC(=O)OC(COC(=O)CCCCCCC/C=C\CCCC)COC(=O)CCCCCCCCCCCCCCCCCCCCCCCCCCCCCCCCCCCCC. The van der Waals surface area contributed by atoms with E-state index in [0.717, 1.165) is 96.3 Å². The Morgan fingerprint density at radius 2 is 0.506 bits per heavy atom. The summed E-state index contributed by atoms with van der Waals surface area (Å²) in [5, 5.41) is 0. The first kappa shape index (κ1) is 74.6. The molecule has 0 N–H and O–H groups in total. The van der Waals surface area contributed by atoms with Crippen molar-refractivity contribution in [3.63, 3.8) is 0 Å². The summed E-state index contributed by atoms with van der Waals surface area (Å²) in [4.78, 5) is 38.2. The van der Waals surface area contributed by atoms with Crippen LogP contribution < -0.4 is 0 Å². The van der Waals surface area contributed by atoms with Gasteiger partial charge in [0.25, 0.3) is 0 Å². The van der Waals surface area contributed by atoms with E-state index in [1.54, 1.807) is 0 Å². The Morgan fingerprint density at radius 1 is 0.260 bits per heavy atom. The monoisotopic (exact) mass is 1080 g/mol. The zero-order valence-electron chi connectivity index (χ0n) is 52.0. The molecule has 0 heterocycles. The molecular formula is C71H132O6. The Hall–Kier alpha value is -2.37. The fourth-order valence-electron chi connectivity index (χ4n) is 10.4. The minimum absolute atomic E-state index is 0.0770. The van der Waals surface area contributed by atoms with E-state index in [4.69, 9.17) is 14.2 Å². The van der Waals surface area contributed by atoms with Crippen LogP contribution in [0.15, 0.2) is 36.5 Å². The lowest BCUT2D eigenvalue weighted by atomic mass is 10.0. The average molecular weight is 1080 g/mol. The fraction of sp³-hybridized carbons (Fsp3) is 0.873. The van der Waals surface area contributed by atoms with Crippen LogP contribution in [0.25, 0.3) is 0 Å². The number of unbranched alkanes of at least 4 members (excludes halogenated alkanes) is 47. The summed E-state index contributed by atoms with van der Waals surface area (Å²) in [6.45, 7) is 6.57. The average Bonchev–Trinajstić information content (AvgIpc) is 3.43. The van der Waals surface area contributed by atoms with E-state index < -0.39 is 6.10 Å². The molecule has 452 valence electrons. The van der Waals surface area contributed by atoms with Crippen molar-refractivity contribution in [3.05, 3.63) is 36.5 Å². The Bertz CT molecular complexity index is 1290. The molecular weight excluding hydrogens is 949 g/mol. The number of hydrogen-bond acceptors (Lipinski definition) is 6. The highest BCUT2D eigenvalue weighted by Crippen LogP contribution is 2.19. The number of ether oxygens (including phenoxy) is 3. The van der Waals surface area contributed by atoms with Gasteiger partial charge in [0.2, 0.25) is 0 Å². The van der Waals surface area contributed by atoms with Crippen molar-refractivity contribution in [2.75, 3.05) is 13.2 Å². The molecule has 0 aromatic heterocycles. The molecule has 0 saturated carbocycles. The number of carbonyl (C=O) groups is 3. The van der Waals surface area contributed by atoms with Crippen LogP contribution in [0.5, 0.6) is 0 Å². The van der Waals surface area contributed by atoms with Gasteiger partial charge in [0.05, 0.1) is 0 Å². The molecule has 0 fully saturated rings. The maximum Gasteiger partial charge on any atom is 0.306 e. The summed E-state index contributed by atoms with van der Waals surface area (Å²) in [5.41, 5.74) is 0. The van der Waals surface area contributed by atoms with Crippen molar-refractivity contribution in [1.82, 2.24) is 0 Å². The highest BCUT2D eigenvalue weighted by Gasteiger charge is 2.19. The van der Waals surface area contributed by atoms with Gasteiger partial charge >= 0.3 is 17.9 Å². The van der Waals surface area contributed by atoms with E-state index >= 15 is 0 Å². The van der Waals surface area contributed by atoms with Crippen LogP contribution in [0.2, 0.25) is 0 Å². The van der Waals surface area contributed by atoms with Crippen molar-refractivity contribution in [2.24, 2.45) is 0 Å². The maximum absolute atomic E-state index is 12.8. The quantitative estimate of drug-likeness (QED) is 0.0261. The molecule has 6 heteroatoms. The maximum atomic E-state index is 12.8. The molecule has 0 saturated heterocycles. The van der Waals surface area contributed by atoms with Gasteiger partial charge in [-0.2, -0.15) is 0 Å². The van der Waals surface area contributed by atoms with E-state index in [1.165, 1.54) is 244 Å². The molecule has 0 aliphatic carbocycles. The zero-order chi connectivity index (χ0) is 55.7. The molecule has 0 bridgehead atoms. The van der Waals surface area contributed by atoms with Gasteiger partial charge in [0, 0.05) is 19.3 Å². The first-order valence-electron chi connectivity index (χ1n) is 34.5. The number of rotatable bonds is 64. The molecule has 0 rings (SSSR count). The van der Waals surface area contributed by atoms with Crippen LogP contribution in [0.4, 0.5) is 0 Å². The number of allylic oxidation sites excluding steroid dienone is 6. The summed E-state index contributed by atoms with van der Waals surface area (Å²) >= 11 is 0. The van der Waals surface area contributed by atoms with Gasteiger partial charge in [0.15, 0.2) is 6.10 Å². The largest absolute Gasteiger partial charge is 0.462 e. The smallest absolute Gasteiger partial charge is 0.306 e. The van der Waals surface area contributed by atoms with Crippen LogP contribution in [-0.4, -0.2) is 37.2 Å². The summed E-state index contributed by atoms with van der Waals surface area (Å²) in [7, 11) is 0. The van der Waals surface area contributed by atoms with E-state index in [9.17, 15) is 14.4 Å². The Balaban J connectivity index is 3.96. The molecule has 1 unspecified atom stereocenters. The van der Waals surface area contributed by atoms with Crippen LogP contribution in [0, 0.1) is 0 Å². The summed E-state index contributed by atoms with van der Waals surface area (Å²) in [5.74, 6) is -0.883. The molecule has 0 aliphatic rings. The minimum Gasteiger partial charge on any atom is -0.462 e. The zero-order valence-corrected chi connectivity index (χ0v) is 52.0. The third-order valence-corrected chi connectivity index (χ3v) is 15.6. The van der Waals surface area contributed by atoms with Crippen molar-refractivity contribution in [3.8, 4) is 0 Å². The third-order valence-electron chi connectivity index (χ3n) is 15.6. The number of esters is 3. The topological polar surface area (TPSA) is 78.9 Å². The molecule has 0 aromatic rings. The molecule has 0 aromatic carbocycles. The molecule has 1 atom stereocenters. The summed E-state index contributed by atoms with van der Waals surface area (Å²) in [6, 6.07) is 0. The summed E-state index contributed by atoms with van der Waals surface area (Å²) in [6.07, 6.45) is 82.1. The third kappa shape index (κ3) is 64.3. The second-order valence-electron chi connectivity index (χ2n) is 23.4. The highest BCUT2D eigenvalue weighted by atomic mass is 16.6. The van der Waals surface area contributed by atoms with Crippen LogP contribution in [0.1, 0.15) is 380 Å². The lowest BCUT2D eigenvalue weighted by Gasteiger charge is -2.18. The second-order valence-corrected chi connectivity index (χ2v) is 23.4. The van der Waals surface area contributed by atoms with E-state index in [1.807, 2.05) is 0 Å². The van der Waals surface area contributed by atoms with Crippen LogP contribution in [0.3, 0.4) is 0 Å². The minimum atomic E-state index is -0.780. The Morgan fingerprint density at radius 3 is 0.818 bits per heavy atom. The predicted octanol–water partition coefficient (Wildman–Crippen LogP) is 23.6. The van der Waals surface area contributed by atoms with Gasteiger partial charge in [-0.05, 0) is 64.2 Å². The van der Waals surface area contributed by atoms with E-state index in [0.29, 0.717) is 19.3 Å². The predicted molar refractivity (Wildman–Crippen MR) is 335 cm³/mol. The van der Waals surface area contributed by atoms with Crippen molar-refractivity contribution < 1.29 is 28.6 Å². The fourth-order valence-corrected chi connectivity index (χ4v) is 10.4. The van der Waals surface area contributed by atoms with Gasteiger partial charge in [0.1, 0.15) is 13.2 Å². The molecule has 0 spiro atoms. The van der Waals surface area contributed by atoms with Crippen molar-refractivity contribution >= 4 is 17.9 Å². The van der Waals surface area contributed by atoms with Gasteiger partial charge < -0.3 is 14.2 Å². The van der Waals surface area contributed by atoms with Gasteiger partial charge in [-0.1, -0.05) is 333 Å². The van der Waals surface area contributed by atoms with Gasteiger partial charge in [-0.25, -0.2) is 0 Å². The van der Waals surface area contributed by atoms with E-state index in [-0.39, 0.29) is 31.1 Å². The second kappa shape index (κ2) is 66.1. The molecule has 0 amide bonds. The lowest BCUT2D eigenvalue weighted by Crippen LogP contribution is -2.30. The first-order valence-corrected chi connectivity index (χ1v) is 34.5. The first-order chi connectivity index (χ1) is 38.0. The van der Waals surface area contributed by atoms with Gasteiger partial charge in [-0.3, -0.25) is 14.4 Å². The van der Waals surface area contributed by atoms with Gasteiger partial charge in [-0.15, -0.1) is 0 Å². The highest BCUT2D eigenvalue weighted by molar-refractivity contribution is 5.71. The van der Waals surface area contributed by atoms with Crippen molar-refractivity contribution in [2.45, 2.75) is 386 Å². The Kier molecular flexibility index (Phi) is 64.1. The molecule has 6 nitrogen and oxygen atoms in total.